The highest BCUT2D eigenvalue weighted by atomic mass is 16.3. The van der Waals surface area contributed by atoms with E-state index in [9.17, 15) is 9.90 Å². The first-order chi connectivity index (χ1) is 5.11. The highest BCUT2D eigenvalue weighted by Crippen LogP contribution is 2.14. The molecule has 0 saturated carbocycles. The van der Waals surface area contributed by atoms with Crippen molar-refractivity contribution < 1.29 is 9.90 Å². The second-order valence-corrected chi connectivity index (χ2v) is 3.21. The van der Waals surface area contributed by atoms with E-state index in [4.69, 9.17) is 0 Å². The van der Waals surface area contributed by atoms with Crippen molar-refractivity contribution in [1.82, 2.24) is 10.6 Å². The average Bonchev–Trinajstić information content (AvgIpc) is 1.85. The highest BCUT2D eigenvalue weighted by Gasteiger charge is 2.28. The van der Waals surface area contributed by atoms with Crippen LogP contribution in [0.15, 0.2) is 0 Å². The Morgan fingerprint density at radius 3 is 2.73 bits per heavy atom. The lowest BCUT2D eigenvalue weighted by Crippen LogP contribution is -2.56. The summed E-state index contributed by atoms with van der Waals surface area (Å²) in [5.41, 5.74) is 0. The Morgan fingerprint density at radius 1 is 1.64 bits per heavy atom. The van der Waals surface area contributed by atoms with Gasteiger partial charge in [-0.05, 0) is 5.92 Å². The second-order valence-electron chi connectivity index (χ2n) is 3.21. The van der Waals surface area contributed by atoms with Gasteiger partial charge >= 0.3 is 6.03 Å². The topological polar surface area (TPSA) is 61.4 Å². The molecule has 2 atom stereocenters. The van der Waals surface area contributed by atoms with Gasteiger partial charge in [0.05, 0.1) is 0 Å². The van der Waals surface area contributed by atoms with Crippen LogP contribution in [0.2, 0.25) is 0 Å². The maximum Gasteiger partial charge on any atom is 0.316 e. The van der Waals surface area contributed by atoms with Crippen LogP contribution in [0, 0.1) is 11.8 Å². The summed E-state index contributed by atoms with van der Waals surface area (Å²) in [5.74, 6) is 0.491. The largest absolute Gasteiger partial charge is 0.373 e. The third-order valence-electron chi connectivity index (χ3n) is 2.04. The zero-order valence-corrected chi connectivity index (χ0v) is 6.79. The van der Waals surface area contributed by atoms with Gasteiger partial charge < -0.3 is 15.7 Å². The number of rotatable bonds is 1. The maximum atomic E-state index is 10.7. The Morgan fingerprint density at radius 2 is 2.27 bits per heavy atom. The van der Waals surface area contributed by atoms with Crippen molar-refractivity contribution in [3.63, 3.8) is 0 Å². The van der Waals surface area contributed by atoms with E-state index in [0.29, 0.717) is 12.5 Å². The number of amides is 2. The molecular weight excluding hydrogens is 144 g/mol. The zero-order chi connectivity index (χ0) is 8.43. The predicted octanol–water partition coefficient (Wildman–Crippen LogP) is -0.110. The minimum atomic E-state index is -0.691. The minimum absolute atomic E-state index is 0.118. The molecule has 0 radical (unpaired) electrons. The molecule has 0 bridgehead atoms. The number of hydrogen-bond donors (Lipinski definition) is 3. The summed E-state index contributed by atoms with van der Waals surface area (Å²) in [7, 11) is 0. The zero-order valence-electron chi connectivity index (χ0n) is 6.79. The summed E-state index contributed by atoms with van der Waals surface area (Å²) in [6.45, 7) is 4.60. The van der Waals surface area contributed by atoms with Crippen molar-refractivity contribution in [3.05, 3.63) is 0 Å². The lowest BCUT2D eigenvalue weighted by Gasteiger charge is -2.31. The monoisotopic (exact) mass is 158 g/mol. The first kappa shape index (κ1) is 8.33. The molecule has 1 rings (SSSR count). The molecule has 1 heterocycles. The molecule has 11 heavy (non-hydrogen) atoms. The number of carbonyl (C=O) groups is 1. The van der Waals surface area contributed by atoms with Crippen LogP contribution < -0.4 is 10.6 Å². The van der Waals surface area contributed by atoms with Gasteiger partial charge in [-0.15, -0.1) is 0 Å². The van der Waals surface area contributed by atoms with Crippen LogP contribution in [-0.4, -0.2) is 23.9 Å². The smallest absolute Gasteiger partial charge is 0.316 e. The fourth-order valence-electron chi connectivity index (χ4n) is 1.21. The highest BCUT2D eigenvalue weighted by molar-refractivity contribution is 5.74. The van der Waals surface area contributed by atoms with Crippen LogP contribution in [0.5, 0.6) is 0 Å². The van der Waals surface area contributed by atoms with Crippen LogP contribution in [0.25, 0.3) is 0 Å². The SMILES string of the molecule is CC(C)C1CNC(=O)NC1O. The van der Waals surface area contributed by atoms with Crippen LogP contribution in [-0.2, 0) is 0 Å². The molecule has 3 N–H and O–H groups in total. The van der Waals surface area contributed by atoms with Crippen molar-refractivity contribution in [2.45, 2.75) is 20.1 Å². The standard InChI is InChI=1S/C7H14N2O2/c1-4(2)5-3-8-7(11)9-6(5)10/h4-6,10H,3H2,1-2H3,(H2,8,9,11). The molecule has 1 fully saturated rings. The summed E-state index contributed by atoms with van der Waals surface area (Å²) >= 11 is 0. The molecule has 4 nitrogen and oxygen atoms in total. The molecule has 4 heteroatoms. The van der Waals surface area contributed by atoms with Gasteiger partial charge in [0.15, 0.2) is 0 Å². The van der Waals surface area contributed by atoms with Crippen molar-refractivity contribution in [2.24, 2.45) is 11.8 Å². The molecule has 2 amide bonds. The van der Waals surface area contributed by atoms with Crippen molar-refractivity contribution >= 4 is 6.03 Å². The molecule has 2 unspecified atom stereocenters. The Balaban J connectivity index is 2.50. The van der Waals surface area contributed by atoms with E-state index in [-0.39, 0.29) is 11.9 Å². The summed E-state index contributed by atoms with van der Waals surface area (Å²) < 4.78 is 0. The van der Waals surface area contributed by atoms with Gasteiger partial charge in [-0.2, -0.15) is 0 Å². The van der Waals surface area contributed by atoms with Gasteiger partial charge in [-0.3, -0.25) is 0 Å². The van der Waals surface area contributed by atoms with E-state index in [2.05, 4.69) is 10.6 Å². The van der Waals surface area contributed by atoms with Gasteiger partial charge in [0.25, 0.3) is 0 Å². The molecule has 1 aliphatic rings. The Kier molecular flexibility index (Phi) is 2.34. The summed E-state index contributed by atoms with van der Waals surface area (Å²) in [4.78, 5) is 10.7. The first-order valence-corrected chi connectivity index (χ1v) is 3.83. The molecular formula is C7H14N2O2. The predicted molar refractivity (Wildman–Crippen MR) is 40.9 cm³/mol. The molecule has 0 aromatic carbocycles. The quantitative estimate of drug-likeness (QED) is 0.498. The number of nitrogens with one attached hydrogen (secondary N) is 2. The van der Waals surface area contributed by atoms with Crippen LogP contribution >= 0.6 is 0 Å². The average molecular weight is 158 g/mol. The molecule has 1 aliphatic heterocycles. The van der Waals surface area contributed by atoms with Crippen molar-refractivity contribution in [2.75, 3.05) is 6.54 Å². The van der Waals surface area contributed by atoms with E-state index < -0.39 is 6.23 Å². The van der Waals surface area contributed by atoms with Crippen LogP contribution in [0.3, 0.4) is 0 Å². The Bertz CT molecular complexity index is 159. The van der Waals surface area contributed by atoms with Gasteiger partial charge in [0.1, 0.15) is 6.23 Å². The van der Waals surface area contributed by atoms with Gasteiger partial charge in [0.2, 0.25) is 0 Å². The third-order valence-corrected chi connectivity index (χ3v) is 2.04. The fourth-order valence-corrected chi connectivity index (χ4v) is 1.21. The summed E-state index contributed by atoms with van der Waals surface area (Å²) in [5, 5.41) is 14.4. The molecule has 0 aliphatic carbocycles. The number of aliphatic hydroxyl groups is 1. The molecule has 64 valence electrons. The molecule has 0 aromatic rings. The lowest BCUT2D eigenvalue weighted by atomic mass is 9.93. The Hall–Kier alpha value is -0.770. The number of carbonyl (C=O) groups excluding carboxylic acids is 1. The van der Waals surface area contributed by atoms with Crippen LogP contribution in [0.4, 0.5) is 4.79 Å². The summed E-state index contributed by atoms with van der Waals surface area (Å²) in [6, 6.07) is -0.283. The Labute approximate surface area is 66.0 Å². The number of urea groups is 1. The molecule has 0 aromatic heterocycles. The van der Waals surface area contributed by atoms with Crippen LogP contribution in [0.1, 0.15) is 13.8 Å². The minimum Gasteiger partial charge on any atom is -0.373 e. The van der Waals surface area contributed by atoms with E-state index in [1.807, 2.05) is 13.8 Å². The summed E-state index contributed by atoms with van der Waals surface area (Å²) in [6.07, 6.45) is -0.691. The first-order valence-electron chi connectivity index (χ1n) is 3.83. The second kappa shape index (κ2) is 3.09. The van der Waals surface area contributed by atoms with Gasteiger partial charge in [-0.25, -0.2) is 4.79 Å². The van der Waals surface area contributed by atoms with E-state index >= 15 is 0 Å². The van der Waals surface area contributed by atoms with E-state index in [1.165, 1.54) is 0 Å². The third kappa shape index (κ3) is 1.83. The number of aliphatic hydroxyl groups excluding tert-OH is 1. The molecule has 0 spiro atoms. The normalized spacial score (nSPS) is 31.5. The van der Waals surface area contributed by atoms with E-state index in [0.717, 1.165) is 0 Å². The van der Waals surface area contributed by atoms with Gasteiger partial charge in [0, 0.05) is 12.5 Å². The van der Waals surface area contributed by atoms with Crippen molar-refractivity contribution in [3.8, 4) is 0 Å². The number of hydrogen-bond acceptors (Lipinski definition) is 2. The fraction of sp³-hybridized carbons (Fsp3) is 0.857. The van der Waals surface area contributed by atoms with Gasteiger partial charge in [-0.1, -0.05) is 13.8 Å². The molecule has 1 saturated heterocycles. The van der Waals surface area contributed by atoms with Crippen molar-refractivity contribution in [1.29, 1.82) is 0 Å². The lowest BCUT2D eigenvalue weighted by molar-refractivity contribution is 0.0471. The van der Waals surface area contributed by atoms with E-state index in [1.54, 1.807) is 0 Å². The maximum absolute atomic E-state index is 10.7.